The van der Waals surface area contributed by atoms with Gasteiger partial charge in [0.05, 0.1) is 17.8 Å². The van der Waals surface area contributed by atoms with Crippen molar-refractivity contribution in [3.05, 3.63) is 53.7 Å². The van der Waals surface area contributed by atoms with Gasteiger partial charge in [-0.15, -0.1) is 13.2 Å². The summed E-state index contributed by atoms with van der Waals surface area (Å²) in [4.78, 5) is 8.50. The highest BCUT2D eigenvalue weighted by molar-refractivity contribution is 5.41. The van der Waals surface area contributed by atoms with Crippen molar-refractivity contribution in [1.29, 1.82) is 5.26 Å². The summed E-state index contributed by atoms with van der Waals surface area (Å²) in [6.07, 6.45) is -2.68. The van der Waals surface area contributed by atoms with Crippen molar-refractivity contribution in [2.75, 3.05) is 31.1 Å². The van der Waals surface area contributed by atoms with Gasteiger partial charge in [-0.25, -0.2) is 4.98 Å². The van der Waals surface area contributed by atoms with Gasteiger partial charge in [-0.05, 0) is 36.2 Å². The topological polar surface area (TPSA) is 52.4 Å². The van der Waals surface area contributed by atoms with Crippen LogP contribution in [0.1, 0.15) is 17.5 Å². The Bertz CT molecular complexity index is 785. The Kier molecular flexibility index (Phi) is 5.81. The lowest BCUT2D eigenvalue weighted by Gasteiger charge is -2.23. The van der Waals surface area contributed by atoms with Crippen molar-refractivity contribution in [3.8, 4) is 11.8 Å². The molecule has 1 aliphatic rings. The zero-order valence-corrected chi connectivity index (χ0v) is 14.6. The number of alkyl halides is 3. The summed E-state index contributed by atoms with van der Waals surface area (Å²) in [5.41, 5.74) is 1.79. The van der Waals surface area contributed by atoms with Crippen LogP contribution in [0.15, 0.2) is 42.6 Å². The maximum Gasteiger partial charge on any atom is 0.573 e. The largest absolute Gasteiger partial charge is 0.573 e. The summed E-state index contributed by atoms with van der Waals surface area (Å²) in [6, 6.07) is 12.5. The summed E-state index contributed by atoms with van der Waals surface area (Å²) >= 11 is 0. The minimum Gasteiger partial charge on any atom is -0.404 e. The van der Waals surface area contributed by atoms with Crippen molar-refractivity contribution >= 4 is 5.82 Å². The molecule has 8 heteroatoms. The molecule has 27 heavy (non-hydrogen) atoms. The number of nitriles is 1. The normalized spacial score (nSPS) is 15.9. The van der Waals surface area contributed by atoms with Crippen LogP contribution in [0.2, 0.25) is 0 Å². The van der Waals surface area contributed by atoms with Crippen LogP contribution in [0.25, 0.3) is 0 Å². The zero-order chi connectivity index (χ0) is 19.3. The van der Waals surface area contributed by atoms with Crippen molar-refractivity contribution in [2.45, 2.75) is 19.3 Å². The Labute approximate surface area is 155 Å². The second-order valence-electron chi connectivity index (χ2n) is 6.33. The number of nitrogens with zero attached hydrogens (tertiary/aromatic N) is 4. The van der Waals surface area contributed by atoms with Crippen molar-refractivity contribution in [1.82, 2.24) is 9.88 Å². The quantitative estimate of drug-likeness (QED) is 0.817. The summed E-state index contributed by atoms with van der Waals surface area (Å²) in [5.74, 6) is 0.327. The van der Waals surface area contributed by atoms with Crippen LogP contribution in [-0.2, 0) is 6.54 Å². The van der Waals surface area contributed by atoms with E-state index in [0.717, 1.165) is 50.9 Å². The third kappa shape index (κ3) is 5.59. The van der Waals surface area contributed by atoms with Gasteiger partial charge in [-0.2, -0.15) is 5.26 Å². The summed E-state index contributed by atoms with van der Waals surface area (Å²) < 4.78 is 40.6. The fourth-order valence-corrected chi connectivity index (χ4v) is 3.05. The van der Waals surface area contributed by atoms with Gasteiger partial charge in [-0.1, -0.05) is 12.1 Å². The zero-order valence-electron chi connectivity index (χ0n) is 14.6. The van der Waals surface area contributed by atoms with Gasteiger partial charge >= 0.3 is 6.36 Å². The van der Waals surface area contributed by atoms with E-state index in [1.54, 1.807) is 6.07 Å². The molecular formula is C19H19F3N4O. The molecule has 1 aliphatic heterocycles. The monoisotopic (exact) mass is 376 g/mol. The Hall–Kier alpha value is -2.79. The van der Waals surface area contributed by atoms with E-state index in [1.165, 1.54) is 6.07 Å². The van der Waals surface area contributed by atoms with Gasteiger partial charge in [0.1, 0.15) is 11.6 Å². The predicted octanol–water partition coefficient (Wildman–Crippen LogP) is 3.56. The van der Waals surface area contributed by atoms with Crippen molar-refractivity contribution in [2.24, 2.45) is 0 Å². The molecule has 2 aromatic rings. The average molecular weight is 376 g/mol. The first-order valence-electron chi connectivity index (χ1n) is 8.61. The molecule has 1 aromatic heterocycles. The van der Waals surface area contributed by atoms with Gasteiger partial charge in [0.25, 0.3) is 0 Å². The van der Waals surface area contributed by atoms with Crippen molar-refractivity contribution < 1.29 is 17.9 Å². The number of hydrogen-bond donors (Lipinski definition) is 0. The van der Waals surface area contributed by atoms with Gasteiger partial charge in [0.15, 0.2) is 0 Å². The highest BCUT2D eigenvalue weighted by atomic mass is 19.4. The first-order valence-corrected chi connectivity index (χ1v) is 8.61. The molecule has 3 rings (SSSR count). The number of aromatic nitrogens is 1. The summed E-state index contributed by atoms with van der Waals surface area (Å²) in [6.45, 7) is 4.07. The second kappa shape index (κ2) is 8.27. The van der Waals surface area contributed by atoms with Gasteiger partial charge in [-0.3, -0.25) is 4.90 Å². The molecule has 0 bridgehead atoms. The standard InChI is InChI=1S/C19H19F3N4O/c20-19(21,22)27-17-6-7-18(24-13-17)26-9-1-8-25(10-11-26)14-16-4-2-15(12-23)3-5-16/h2-7,13H,1,8-11,14H2. The first-order chi connectivity index (χ1) is 12.9. The highest BCUT2D eigenvalue weighted by Crippen LogP contribution is 2.24. The molecule has 0 N–H and O–H groups in total. The number of ether oxygens (including phenoxy) is 1. The van der Waals surface area contributed by atoms with Crippen LogP contribution in [0, 0.1) is 11.3 Å². The van der Waals surface area contributed by atoms with Gasteiger partial charge in [0.2, 0.25) is 0 Å². The highest BCUT2D eigenvalue weighted by Gasteiger charge is 2.31. The molecule has 0 unspecified atom stereocenters. The van der Waals surface area contributed by atoms with Crippen LogP contribution in [0.5, 0.6) is 5.75 Å². The lowest BCUT2D eigenvalue weighted by Crippen LogP contribution is -2.31. The number of hydrogen-bond acceptors (Lipinski definition) is 5. The number of anilines is 1. The maximum atomic E-state index is 12.2. The van der Waals surface area contributed by atoms with Crippen LogP contribution >= 0.6 is 0 Å². The van der Waals surface area contributed by atoms with Crippen molar-refractivity contribution in [3.63, 3.8) is 0 Å². The smallest absolute Gasteiger partial charge is 0.404 e. The third-order valence-electron chi connectivity index (χ3n) is 4.36. The molecule has 0 saturated carbocycles. The molecule has 0 amide bonds. The van der Waals surface area contributed by atoms with Crippen LogP contribution in [0.3, 0.4) is 0 Å². The molecule has 2 heterocycles. The van der Waals surface area contributed by atoms with E-state index in [9.17, 15) is 13.2 Å². The van der Waals surface area contributed by atoms with Gasteiger partial charge < -0.3 is 9.64 Å². The summed E-state index contributed by atoms with van der Waals surface area (Å²) in [7, 11) is 0. The molecule has 1 saturated heterocycles. The molecule has 142 valence electrons. The molecule has 0 spiro atoms. The van der Waals surface area contributed by atoms with Crippen LogP contribution < -0.4 is 9.64 Å². The Balaban J connectivity index is 1.57. The number of benzene rings is 1. The third-order valence-corrected chi connectivity index (χ3v) is 4.36. The van der Waals surface area contributed by atoms with E-state index < -0.39 is 6.36 Å². The average Bonchev–Trinajstić information content (AvgIpc) is 2.87. The van der Waals surface area contributed by atoms with E-state index in [4.69, 9.17) is 5.26 Å². The minimum atomic E-state index is -4.71. The SMILES string of the molecule is N#Cc1ccc(CN2CCCN(c3ccc(OC(F)(F)F)cn3)CC2)cc1. The second-order valence-corrected chi connectivity index (χ2v) is 6.33. The van der Waals surface area contributed by atoms with Crippen LogP contribution in [0.4, 0.5) is 19.0 Å². The molecule has 5 nitrogen and oxygen atoms in total. The molecular weight excluding hydrogens is 357 g/mol. The van der Waals surface area contributed by atoms with Crippen LogP contribution in [-0.4, -0.2) is 42.4 Å². The van der Waals surface area contributed by atoms with E-state index >= 15 is 0 Å². The first kappa shape index (κ1) is 19.0. The Morgan fingerprint density at radius 3 is 2.44 bits per heavy atom. The molecule has 0 atom stereocenters. The minimum absolute atomic E-state index is 0.316. The fourth-order valence-electron chi connectivity index (χ4n) is 3.05. The molecule has 1 aromatic carbocycles. The van der Waals surface area contributed by atoms with E-state index in [0.29, 0.717) is 11.4 Å². The van der Waals surface area contributed by atoms with E-state index in [-0.39, 0.29) is 5.75 Å². The number of rotatable bonds is 4. The Morgan fingerprint density at radius 1 is 1.04 bits per heavy atom. The Morgan fingerprint density at radius 2 is 1.81 bits per heavy atom. The van der Waals surface area contributed by atoms with Gasteiger partial charge in [0, 0.05) is 32.7 Å². The van der Waals surface area contributed by atoms with E-state index in [1.807, 2.05) is 24.3 Å². The summed E-state index contributed by atoms with van der Waals surface area (Å²) in [5, 5.41) is 8.86. The molecule has 1 fully saturated rings. The fraction of sp³-hybridized carbons (Fsp3) is 0.368. The number of halogens is 3. The lowest BCUT2D eigenvalue weighted by atomic mass is 10.1. The number of pyridine rings is 1. The maximum absolute atomic E-state index is 12.2. The predicted molar refractivity (Wildman–Crippen MR) is 94.2 cm³/mol. The lowest BCUT2D eigenvalue weighted by molar-refractivity contribution is -0.274. The van der Waals surface area contributed by atoms with E-state index in [2.05, 4.69) is 25.6 Å². The molecule has 0 radical (unpaired) electrons. The molecule has 0 aliphatic carbocycles.